The Morgan fingerprint density at radius 2 is 1.94 bits per heavy atom. The second kappa shape index (κ2) is 10.4. The molecule has 2 aliphatic rings. The highest BCUT2D eigenvalue weighted by Gasteiger charge is 2.29. The Kier molecular flexibility index (Phi) is 7.35. The van der Waals surface area contributed by atoms with E-state index in [0.29, 0.717) is 16.9 Å². The number of nitrogens with zero attached hydrogens (tertiary/aromatic N) is 5. The SMILES string of the molecule is C=CN(C)NC1=C(F)C(=O)C(c2nc(C(=O)NC)c3cc(N4CCC(N(C)C)CC4)ccc3n2)=CC1. The van der Waals surface area contributed by atoms with Crippen molar-refractivity contribution >= 4 is 33.9 Å². The van der Waals surface area contributed by atoms with Gasteiger partial charge in [0, 0.05) is 56.9 Å². The van der Waals surface area contributed by atoms with Crippen LogP contribution in [0, 0.1) is 0 Å². The van der Waals surface area contributed by atoms with Gasteiger partial charge in [-0.3, -0.25) is 20.0 Å². The molecule has 1 aliphatic carbocycles. The second-order valence-corrected chi connectivity index (χ2v) is 9.21. The van der Waals surface area contributed by atoms with Gasteiger partial charge in [-0.2, -0.15) is 0 Å². The second-order valence-electron chi connectivity index (χ2n) is 9.21. The molecule has 2 N–H and O–H groups in total. The lowest BCUT2D eigenvalue weighted by Gasteiger charge is -2.36. The number of hydrogen-bond acceptors (Lipinski definition) is 8. The molecule has 0 bridgehead atoms. The van der Waals surface area contributed by atoms with Gasteiger partial charge in [-0.25, -0.2) is 14.4 Å². The highest BCUT2D eigenvalue weighted by Crippen LogP contribution is 2.30. The van der Waals surface area contributed by atoms with Gasteiger partial charge in [0.1, 0.15) is 5.69 Å². The standard InChI is InChI=1S/C26H32FN7O2/c1-6-33(5)31-21-10-8-18(24(35)22(21)27)25-29-20-9-7-17(15-19(20)23(30-25)26(36)28-2)34-13-11-16(12-14-34)32(3)4/h6-9,15-16,31H,1,10-14H2,2-5H3,(H,28,36). The van der Waals surface area contributed by atoms with Gasteiger partial charge >= 0.3 is 0 Å². The molecule has 190 valence electrons. The first-order chi connectivity index (χ1) is 17.2. The van der Waals surface area contributed by atoms with Gasteiger partial charge in [0.25, 0.3) is 5.91 Å². The number of allylic oxidation sites excluding steroid dienone is 3. The lowest BCUT2D eigenvalue weighted by molar-refractivity contribution is -0.112. The third kappa shape index (κ3) is 4.94. The quantitative estimate of drug-likeness (QED) is 0.569. The number of hydrogen-bond donors (Lipinski definition) is 2. The number of Topliss-reactive ketones (excluding diaryl/α,β-unsaturated/α-hetero) is 1. The van der Waals surface area contributed by atoms with Crippen LogP contribution in [0.1, 0.15) is 35.6 Å². The van der Waals surface area contributed by atoms with Gasteiger partial charge in [0.2, 0.25) is 5.78 Å². The molecule has 1 fully saturated rings. The van der Waals surface area contributed by atoms with E-state index < -0.39 is 17.5 Å². The predicted octanol–water partition coefficient (Wildman–Crippen LogP) is 2.64. The molecule has 0 atom stereocenters. The van der Waals surface area contributed by atoms with Crippen LogP contribution in [0.25, 0.3) is 16.5 Å². The molecule has 1 amide bonds. The van der Waals surface area contributed by atoms with Crippen LogP contribution in [0.4, 0.5) is 10.1 Å². The molecule has 9 nitrogen and oxygen atoms in total. The van der Waals surface area contributed by atoms with Crippen LogP contribution in [0.15, 0.2) is 48.6 Å². The average molecular weight is 494 g/mol. The zero-order valence-corrected chi connectivity index (χ0v) is 21.1. The summed E-state index contributed by atoms with van der Waals surface area (Å²) in [4.78, 5) is 39.2. The van der Waals surface area contributed by atoms with E-state index in [1.807, 2.05) is 18.2 Å². The van der Waals surface area contributed by atoms with Crippen LogP contribution in [-0.2, 0) is 4.79 Å². The summed E-state index contributed by atoms with van der Waals surface area (Å²) in [5.74, 6) is -2.12. The molecule has 1 saturated heterocycles. The third-order valence-corrected chi connectivity index (χ3v) is 6.73. The van der Waals surface area contributed by atoms with Crippen molar-refractivity contribution in [2.24, 2.45) is 0 Å². The van der Waals surface area contributed by atoms with E-state index in [1.165, 1.54) is 18.3 Å². The van der Waals surface area contributed by atoms with Crippen molar-refractivity contribution in [2.45, 2.75) is 25.3 Å². The van der Waals surface area contributed by atoms with E-state index in [9.17, 15) is 14.0 Å². The maximum absolute atomic E-state index is 14.9. The number of rotatable bonds is 7. The van der Waals surface area contributed by atoms with E-state index in [1.54, 1.807) is 13.1 Å². The van der Waals surface area contributed by atoms with Gasteiger partial charge in [-0.05, 0) is 45.1 Å². The van der Waals surface area contributed by atoms with Crippen molar-refractivity contribution in [3.63, 3.8) is 0 Å². The van der Waals surface area contributed by atoms with Crippen LogP contribution >= 0.6 is 0 Å². The van der Waals surface area contributed by atoms with Gasteiger partial charge in [-0.1, -0.05) is 12.7 Å². The normalized spacial score (nSPS) is 16.9. The Bertz CT molecular complexity index is 1260. The zero-order valence-electron chi connectivity index (χ0n) is 21.1. The van der Waals surface area contributed by atoms with E-state index in [2.05, 4.69) is 51.2 Å². The molecule has 36 heavy (non-hydrogen) atoms. The largest absolute Gasteiger partial charge is 0.371 e. The number of anilines is 1. The molecule has 10 heteroatoms. The Morgan fingerprint density at radius 3 is 2.58 bits per heavy atom. The van der Waals surface area contributed by atoms with Crippen LogP contribution in [0.2, 0.25) is 0 Å². The lowest BCUT2D eigenvalue weighted by atomic mass is 9.99. The van der Waals surface area contributed by atoms with Crippen LogP contribution in [-0.4, -0.2) is 78.9 Å². The summed E-state index contributed by atoms with van der Waals surface area (Å²) in [6.07, 6.45) is 5.28. The fourth-order valence-corrected chi connectivity index (χ4v) is 4.55. The lowest BCUT2D eigenvalue weighted by Crippen LogP contribution is -2.42. The minimum Gasteiger partial charge on any atom is -0.371 e. The summed E-state index contributed by atoms with van der Waals surface area (Å²) in [7, 11) is 7.38. The molecule has 4 rings (SSSR count). The predicted molar refractivity (Wildman–Crippen MR) is 139 cm³/mol. The molecule has 2 aromatic rings. The molecule has 2 heterocycles. The Morgan fingerprint density at radius 1 is 1.22 bits per heavy atom. The first-order valence-corrected chi connectivity index (χ1v) is 11.9. The number of hydrazine groups is 1. The number of benzene rings is 1. The Balaban J connectivity index is 1.68. The number of carbonyl (C=O) groups excluding carboxylic acids is 2. The third-order valence-electron chi connectivity index (χ3n) is 6.73. The van der Waals surface area contributed by atoms with Crippen molar-refractivity contribution in [1.82, 2.24) is 30.6 Å². The fraction of sp³-hybridized carbons (Fsp3) is 0.385. The number of amides is 1. The number of ketones is 1. The summed E-state index contributed by atoms with van der Waals surface area (Å²) in [5.41, 5.74) is 4.59. The summed E-state index contributed by atoms with van der Waals surface area (Å²) in [6.45, 7) is 5.42. The molecular formula is C26H32FN7O2. The highest BCUT2D eigenvalue weighted by molar-refractivity contribution is 6.28. The number of nitrogens with one attached hydrogen (secondary N) is 2. The molecule has 0 unspecified atom stereocenters. The summed E-state index contributed by atoms with van der Waals surface area (Å²) in [5, 5.41) is 4.65. The smallest absolute Gasteiger partial charge is 0.270 e. The van der Waals surface area contributed by atoms with Gasteiger partial charge in [0.05, 0.1) is 16.8 Å². The fourth-order valence-electron chi connectivity index (χ4n) is 4.55. The first-order valence-electron chi connectivity index (χ1n) is 11.9. The summed E-state index contributed by atoms with van der Waals surface area (Å²) in [6, 6.07) is 6.27. The minimum absolute atomic E-state index is 0.0249. The topological polar surface area (TPSA) is 93.7 Å². The molecular weight excluding hydrogens is 461 g/mol. The average Bonchev–Trinajstić information content (AvgIpc) is 2.90. The van der Waals surface area contributed by atoms with E-state index in [4.69, 9.17) is 0 Å². The first kappa shape index (κ1) is 25.3. The monoisotopic (exact) mass is 493 g/mol. The molecule has 0 spiro atoms. The number of piperidine rings is 1. The van der Waals surface area contributed by atoms with Crippen molar-refractivity contribution in [1.29, 1.82) is 0 Å². The molecule has 1 aliphatic heterocycles. The Hall–Kier alpha value is -3.79. The maximum Gasteiger partial charge on any atom is 0.270 e. The van der Waals surface area contributed by atoms with E-state index in [-0.39, 0.29) is 29.2 Å². The van der Waals surface area contributed by atoms with Gasteiger partial charge in [0.15, 0.2) is 11.7 Å². The number of carbonyl (C=O) groups is 2. The van der Waals surface area contributed by atoms with Crippen molar-refractivity contribution in [3.05, 3.63) is 60.1 Å². The van der Waals surface area contributed by atoms with Gasteiger partial charge < -0.3 is 15.1 Å². The van der Waals surface area contributed by atoms with Crippen LogP contribution in [0.5, 0.6) is 0 Å². The van der Waals surface area contributed by atoms with Crippen molar-refractivity contribution in [3.8, 4) is 0 Å². The molecule has 1 aromatic carbocycles. The minimum atomic E-state index is -0.914. The van der Waals surface area contributed by atoms with E-state index >= 15 is 0 Å². The number of halogens is 1. The van der Waals surface area contributed by atoms with Crippen LogP contribution < -0.4 is 15.6 Å². The zero-order chi connectivity index (χ0) is 26.0. The van der Waals surface area contributed by atoms with Gasteiger partial charge in [-0.15, -0.1) is 0 Å². The van der Waals surface area contributed by atoms with Crippen molar-refractivity contribution in [2.75, 3.05) is 46.2 Å². The molecule has 0 saturated carbocycles. The summed E-state index contributed by atoms with van der Waals surface area (Å²) >= 11 is 0. The maximum atomic E-state index is 14.9. The summed E-state index contributed by atoms with van der Waals surface area (Å²) < 4.78 is 14.9. The van der Waals surface area contributed by atoms with Crippen molar-refractivity contribution < 1.29 is 14.0 Å². The Labute approximate surface area is 210 Å². The van der Waals surface area contributed by atoms with E-state index in [0.717, 1.165) is 31.6 Å². The highest BCUT2D eigenvalue weighted by atomic mass is 19.1. The number of fused-ring (bicyclic) bond motifs is 1. The van der Waals surface area contributed by atoms with Crippen LogP contribution in [0.3, 0.4) is 0 Å². The number of aromatic nitrogens is 2. The molecule has 1 aromatic heterocycles. The molecule has 0 radical (unpaired) electrons.